The van der Waals surface area contributed by atoms with E-state index < -0.39 is 5.97 Å². The van der Waals surface area contributed by atoms with E-state index in [-0.39, 0.29) is 22.7 Å². The molecule has 2 N–H and O–H groups in total. The molecule has 7 nitrogen and oxygen atoms in total. The van der Waals surface area contributed by atoms with Crippen LogP contribution in [0.3, 0.4) is 0 Å². The highest BCUT2D eigenvalue weighted by atomic mass is 16.5. The molecule has 0 aliphatic rings. The number of esters is 1. The fraction of sp³-hybridized carbons (Fsp3) is 0.0526. The van der Waals surface area contributed by atoms with Crippen LogP contribution in [0.25, 0.3) is 5.69 Å². The zero-order valence-electron chi connectivity index (χ0n) is 13.8. The molecule has 0 spiro atoms. The van der Waals surface area contributed by atoms with Crippen LogP contribution in [-0.2, 0) is 4.74 Å². The Morgan fingerprint density at radius 2 is 1.73 bits per heavy atom. The van der Waals surface area contributed by atoms with Gasteiger partial charge in [-0.25, -0.2) is 4.79 Å². The Morgan fingerprint density at radius 3 is 2.31 bits per heavy atom. The van der Waals surface area contributed by atoms with Crippen molar-refractivity contribution in [1.82, 2.24) is 9.55 Å². The lowest BCUT2D eigenvalue weighted by atomic mass is 10.0. The van der Waals surface area contributed by atoms with Crippen molar-refractivity contribution in [3.63, 3.8) is 0 Å². The first-order valence-corrected chi connectivity index (χ1v) is 7.61. The summed E-state index contributed by atoms with van der Waals surface area (Å²) >= 11 is 0. The lowest BCUT2D eigenvalue weighted by Crippen LogP contribution is -2.11. The smallest absolute Gasteiger partial charge is 0.357 e. The Hall–Kier alpha value is -3.92. The number of nitriles is 1. The molecule has 128 valence electrons. The van der Waals surface area contributed by atoms with Crippen LogP contribution in [0.5, 0.6) is 0 Å². The van der Waals surface area contributed by atoms with E-state index in [2.05, 4.69) is 4.98 Å². The van der Waals surface area contributed by atoms with Gasteiger partial charge in [0.05, 0.1) is 18.4 Å². The van der Waals surface area contributed by atoms with Gasteiger partial charge in [0.25, 0.3) is 0 Å². The first-order chi connectivity index (χ1) is 12.6. The number of benzene rings is 1. The van der Waals surface area contributed by atoms with Gasteiger partial charge >= 0.3 is 5.97 Å². The van der Waals surface area contributed by atoms with Crippen molar-refractivity contribution in [1.29, 1.82) is 5.26 Å². The molecule has 0 unspecified atom stereocenters. The van der Waals surface area contributed by atoms with Crippen molar-refractivity contribution in [2.24, 2.45) is 0 Å². The number of carbonyl (C=O) groups is 2. The van der Waals surface area contributed by atoms with E-state index in [1.807, 2.05) is 6.07 Å². The molecule has 0 amide bonds. The van der Waals surface area contributed by atoms with Crippen LogP contribution in [0.2, 0.25) is 0 Å². The van der Waals surface area contributed by atoms with Crippen molar-refractivity contribution in [2.75, 3.05) is 12.8 Å². The summed E-state index contributed by atoms with van der Waals surface area (Å²) in [6, 6.07) is 11.8. The number of nitrogens with two attached hydrogens (primary N) is 1. The van der Waals surface area contributed by atoms with Crippen molar-refractivity contribution in [3.05, 3.63) is 77.4 Å². The number of carbonyl (C=O) groups excluding carboxylic acids is 2. The lowest BCUT2D eigenvalue weighted by Gasteiger charge is -2.09. The second-order valence-corrected chi connectivity index (χ2v) is 5.39. The first-order valence-electron chi connectivity index (χ1n) is 7.61. The van der Waals surface area contributed by atoms with Gasteiger partial charge in [-0.3, -0.25) is 9.78 Å². The van der Waals surface area contributed by atoms with Gasteiger partial charge < -0.3 is 15.0 Å². The predicted molar refractivity (Wildman–Crippen MR) is 93.9 cm³/mol. The molecule has 0 saturated heterocycles. The quantitative estimate of drug-likeness (QED) is 0.573. The number of methoxy groups -OCH3 is 1. The van der Waals surface area contributed by atoms with Crippen molar-refractivity contribution >= 4 is 17.4 Å². The van der Waals surface area contributed by atoms with Crippen LogP contribution < -0.4 is 5.73 Å². The highest BCUT2D eigenvalue weighted by molar-refractivity contribution is 6.09. The van der Waals surface area contributed by atoms with Crippen LogP contribution in [0.15, 0.2) is 55.0 Å². The largest absolute Gasteiger partial charge is 0.464 e. The summed E-state index contributed by atoms with van der Waals surface area (Å²) in [6.07, 6.45) is 4.56. The van der Waals surface area contributed by atoms with Crippen LogP contribution in [0.4, 0.5) is 5.69 Å². The maximum atomic E-state index is 12.4. The molecule has 0 saturated carbocycles. The Balaban J connectivity index is 2.01. The third-order valence-electron chi connectivity index (χ3n) is 3.89. The fourth-order valence-electron chi connectivity index (χ4n) is 2.56. The number of ketones is 1. The lowest BCUT2D eigenvalue weighted by molar-refractivity contribution is 0.0593. The number of nitrogen functional groups attached to an aromatic ring is 1. The maximum absolute atomic E-state index is 12.4. The number of rotatable bonds is 4. The van der Waals surface area contributed by atoms with Crippen LogP contribution in [0, 0.1) is 11.3 Å². The number of anilines is 1. The van der Waals surface area contributed by atoms with E-state index in [0.717, 1.165) is 0 Å². The third-order valence-corrected chi connectivity index (χ3v) is 3.89. The molecule has 2 heterocycles. The fourth-order valence-corrected chi connectivity index (χ4v) is 2.56. The normalized spacial score (nSPS) is 10.2. The number of hydrogen-bond acceptors (Lipinski definition) is 6. The minimum atomic E-state index is -0.652. The third kappa shape index (κ3) is 2.91. The summed E-state index contributed by atoms with van der Waals surface area (Å²) in [5.41, 5.74) is 7.75. The van der Waals surface area contributed by atoms with Gasteiger partial charge in [-0.05, 0) is 36.4 Å². The molecule has 26 heavy (non-hydrogen) atoms. The first kappa shape index (κ1) is 16.9. The van der Waals surface area contributed by atoms with Gasteiger partial charge in [-0.1, -0.05) is 0 Å². The molecule has 0 bridgehead atoms. The average molecular weight is 346 g/mol. The Morgan fingerprint density at radius 1 is 1.12 bits per heavy atom. The minimum absolute atomic E-state index is 0.0521. The standard InChI is InChI=1S/C19H14N4O3/c1-26-19(25)17-16(21)14(10-20)11-23(17)15-4-2-12(3-5-15)18(24)13-6-8-22-9-7-13/h2-9,11H,21H2,1H3. The molecule has 2 aromatic heterocycles. The van der Waals surface area contributed by atoms with Gasteiger partial charge in [-0.15, -0.1) is 0 Å². The number of ether oxygens (including phenoxy) is 1. The van der Waals surface area contributed by atoms with E-state index in [4.69, 9.17) is 15.7 Å². The summed E-state index contributed by atoms with van der Waals surface area (Å²) in [6.45, 7) is 0. The molecule has 7 heteroatoms. The van der Waals surface area contributed by atoms with E-state index in [9.17, 15) is 9.59 Å². The second kappa shape index (κ2) is 6.91. The number of nitrogens with zero attached hydrogens (tertiary/aromatic N) is 3. The highest BCUT2D eigenvalue weighted by Gasteiger charge is 2.21. The van der Waals surface area contributed by atoms with Gasteiger partial charge in [0, 0.05) is 35.4 Å². The molecule has 3 rings (SSSR count). The van der Waals surface area contributed by atoms with Crippen molar-refractivity contribution in [3.8, 4) is 11.8 Å². The Labute approximate surface area is 149 Å². The number of hydrogen-bond donors (Lipinski definition) is 1. The SMILES string of the molecule is COC(=O)c1c(N)c(C#N)cn1-c1ccc(C(=O)c2ccncc2)cc1. The molecule has 0 aliphatic heterocycles. The zero-order chi connectivity index (χ0) is 18.7. The highest BCUT2D eigenvalue weighted by Crippen LogP contribution is 2.25. The van der Waals surface area contributed by atoms with Crippen molar-refractivity contribution < 1.29 is 14.3 Å². The Kier molecular flexibility index (Phi) is 4.50. The topological polar surface area (TPSA) is 111 Å². The van der Waals surface area contributed by atoms with Gasteiger partial charge in [0.15, 0.2) is 11.5 Å². The van der Waals surface area contributed by atoms with E-state index in [0.29, 0.717) is 16.8 Å². The van der Waals surface area contributed by atoms with E-state index in [1.165, 1.54) is 17.9 Å². The molecule has 0 fully saturated rings. The summed E-state index contributed by atoms with van der Waals surface area (Å²) in [5.74, 6) is -0.794. The molecule has 0 aliphatic carbocycles. The van der Waals surface area contributed by atoms with Gasteiger partial charge in [0.2, 0.25) is 0 Å². The van der Waals surface area contributed by atoms with Crippen LogP contribution >= 0.6 is 0 Å². The predicted octanol–water partition coefficient (Wildman–Crippen LogP) is 2.34. The van der Waals surface area contributed by atoms with Crippen LogP contribution in [0.1, 0.15) is 32.0 Å². The molecule has 0 atom stereocenters. The summed E-state index contributed by atoms with van der Waals surface area (Å²) in [7, 11) is 1.24. The summed E-state index contributed by atoms with van der Waals surface area (Å²) < 4.78 is 6.22. The molecule has 3 aromatic rings. The Bertz CT molecular complexity index is 1020. The monoisotopic (exact) mass is 346 g/mol. The molecule has 1 aromatic carbocycles. The van der Waals surface area contributed by atoms with Gasteiger partial charge in [-0.2, -0.15) is 5.26 Å². The number of aromatic nitrogens is 2. The molecular weight excluding hydrogens is 332 g/mol. The molecular formula is C19H14N4O3. The van der Waals surface area contributed by atoms with Gasteiger partial charge in [0.1, 0.15) is 6.07 Å². The van der Waals surface area contributed by atoms with E-state index >= 15 is 0 Å². The van der Waals surface area contributed by atoms with E-state index in [1.54, 1.807) is 48.8 Å². The minimum Gasteiger partial charge on any atom is -0.464 e. The molecule has 0 radical (unpaired) electrons. The van der Waals surface area contributed by atoms with Crippen LogP contribution in [-0.4, -0.2) is 28.4 Å². The summed E-state index contributed by atoms with van der Waals surface area (Å²) in [4.78, 5) is 28.4. The summed E-state index contributed by atoms with van der Waals surface area (Å²) in [5, 5.41) is 9.16. The van der Waals surface area contributed by atoms with Crippen molar-refractivity contribution in [2.45, 2.75) is 0 Å². The zero-order valence-corrected chi connectivity index (χ0v) is 13.8. The second-order valence-electron chi connectivity index (χ2n) is 5.39. The maximum Gasteiger partial charge on any atom is 0.357 e. The number of pyridine rings is 1. The average Bonchev–Trinajstić information content (AvgIpc) is 3.04.